The number of amides is 2. The van der Waals surface area contributed by atoms with E-state index >= 15 is 0 Å². The zero-order chi connectivity index (χ0) is 17.3. The highest BCUT2D eigenvalue weighted by Crippen LogP contribution is 2.65. The van der Waals surface area contributed by atoms with Gasteiger partial charge < -0.3 is 0 Å². The lowest BCUT2D eigenvalue weighted by atomic mass is 9.63. The van der Waals surface area contributed by atoms with E-state index in [9.17, 15) is 19.7 Å². The van der Waals surface area contributed by atoms with Crippen LogP contribution in [0.4, 0.5) is 5.69 Å². The molecule has 0 unspecified atom stereocenters. The number of hydrogen-bond donors (Lipinski definition) is 0. The Balaban J connectivity index is 1.43. The highest BCUT2D eigenvalue weighted by atomic mass is 16.6. The number of hydrogen-bond acceptors (Lipinski definition) is 5. The Bertz CT molecular complexity index is 841. The standard InChI is InChI=1S/C18H15N3O4/c22-17-15-11-4-5-12(14-7-13(11)14)16(15)18(23)20(17)19-8-9-2-1-3-10(6-9)21(24)25/h1-6,8,11-16H,7H2/b19-8-/t11-,12+,13+,14-,15-,16+. The van der Waals surface area contributed by atoms with Crippen LogP contribution in [0.5, 0.6) is 0 Å². The van der Waals surface area contributed by atoms with Gasteiger partial charge in [-0.3, -0.25) is 19.7 Å². The molecule has 5 aliphatic rings. The van der Waals surface area contributed by atoms with E-state index < -0.39 is 4.92 Å². The largest absolute Gasteiger partial charge is 0.272 e. The second-order valence-corrected chi connectivity index (χ2v) is 7.24. The lowest BCUT2D eigenvalue weighted by molar-refractivity contribution is -0.384. The van der Waals surface area contributed by atoms with E-state index in [1.54, 1.807) is 12.1 Å². The van der Waals surface area contributed by atoms with E-state index in [2.05, 4.69) is 17.3 Å². The Kier molecular flexibility index (Phi) is 2.81. The van der Waals surface area contributed by atoms with Crippen LogP contribution in [0, 0.1) is 45.6 Å². The zero-order valence-corrected chi connectivity index (χ0v) is 13.2. The molecule has 0 N–H and O–H groups in total. The van der Waals surface area contributed by atoms with E-state index in [0.29, 0.717) is 17.4 Å². The van der Waals surface area contributed by atoms with Crippen LogP contribution in [0.15, 0.2) is 41.5 Å². The van der Waals surface area contributed by atoms with Crippen LogP contribution < -0.4 is 0 Å². The Labute approximate surface area is 143 Å². The van der Waals surface area contributed by atoms with Crippen molar-refractivity contribution in [2.45, 2.75) is 6.42 Å². The molecule has 7 heteroatoms. The molecule has 6 atom stereocenters. The number of rotatable bonds is 3. The second-order valence-electron chi connectivity index (χ2n) is 7.24. The first-order valence-corrected chi connectivity index (χ1v) is 8.41. The van der Waals surface area contributed by atoms with Crippen LogP contribution in [-0.4, -0.2) is 28.0 Å². The predicted molar refractivity (Wildman–Crippen MR) is 87.2 cm³/mol. The Morgan fingerprint density at radius 1 is 1.12 bits per heavy atom. The van der Waals surface area contributed by atoms with Gasteiger partial charge >= 0.3 is 0 Å². The summed E-state index contributed by atoms with van der Waals surface area (Å²) in [6.07, 6.45) is 6.68. The number of imide groups is 1. The van der Waals surface area contributed by atoms with E-state index in [1.165, 1.54) is 18.3 Å². The third-order valence-corrected chi connectivity index (χ3v) is 6.04. The number of nitrogens with zero attached hydrogens (tertiary/aromatic N) is 3. The van der Waals surface area contributed by atoms with Crippen molar-refractivity contribution in [2.75, 3.05) is 0 Å². The molecule has 3 fully saturated rings. The smallest absolute Gasteiger partial charge is 0.270 e. The zero-order valence-electron chi connectivity index (χ0n) is 13.2. The fraction of sp³-hybridized carbons (Fsp3) is 0.389. The molecule has 1 saturated heterocycles. The van der Waals surface area contributed by atoms with Crippen LogP contribution in [0.3, 0.4) is 0 Å². The fourth-order valence-electron chi connectivity index (χ4n) is 4.90. The molecule has 1 aliphatic heterocycles. The number of carbonyl (C=O) groups is 2. The monoisotopic (exact) mass is 337 g/mol. The second kappa shape index (κ2) is 4.84. The van der Waals surface area contributed by atoms with Crippen molar-refractivity contribution in [1.82, 2.24) is 5.01 Å². The van der Waals surface area contributed by atoms with E-state index in [0.717, 1.165) is 11.4 Å². The molecule has 0 radical (unpaired) electrons. The molecular formula is C18H15N3O4. The van der Waals surface area contributed by atoms with Crippen LogP contribution in [0.2, 0.25) is 0 Å². The molecule has 2 amide bonds. The topological polar surface area (TPSA) is 92.9 Å². The SMILES string of the molecule is O=C1[C@@H]2[C@@H]3C=C[C@@H]([C@H]4C[C@@H]34)[C@@H]2C(=O)N1/N=C\c1cccc([N+](=O)[O-])c1. The average Bonchev–Trinajstić information content (AvgIpc) is 3.39. The first kappa shape index (κ1) is 14.5. The molecule has 1 aromatic carbocycles. The summed E-state index contributed by atoms with van der Waals surface area (Å²) in [5, 5.41) is 15.9. The van der Waals surface area contributed by atoms with Crippen molar-refractivity contribution >= 4 is 23.7 Å². The number of nitro benzene ring substituents is 1. The molecule has 0 spiro atoms. The summed E-state index contributed by atoms with van der Waals surface area (Å²) in [5.74, 6) is 0.385. The van der Waals surface area contributed by atoms with Gasteiger partial charge in [0.2, 0.25) is 0 Å². The number of hydrazone groups is 1. The minimum absolute atomic E-state index is 0.0565. The van der Waals surface area contributed by atoms with Gasteiger partial charge in [0, 0.05) is 17.7 Å². The highest BCUT2D eigenvalue weighted by Gasteiger charge is 2.67. The molecular weight excluding hydrogens is 322 g/mol. The number of non-ortho nitro benzene ring substituents is 1. The summed E-state index contributed by atoms with van der Waals surface area (Å²) in [6.45, 7) is 0. The van der Waals surface area contributed by atoms with Crippen LogP contribution in [0.25, 0.3) is 0 Å². The van der Waals surface area contributed by atoms with Crippen LogP contribution >= 0.6 is 0 Å². The molecule has 0 aromatic heterocycles. The third-order valence-electron chi connectivity index (χ3n) is 6.04. The molecule has 25 heavy (non-hydrogen) atoms. The van der Waals surface area contributed by atoms with Crippen molar-refractivity contribution in [1.29, 1.82) is 0 Å². The fourth-order valence-corrected chi connectivity index (χ4v) is 4.90. The van der Waals surface area contributed by atoms with Gasteiger partial charge in [0.05, 0.1) is 23.0 Å². The third kappa shape index (κ3) is 1.95. The lowest BCUT2D eigenvalue weighted by Crippen LogP contribution is -2.40. The first-order valence-electron chi connectivity index (χ1n) is 8.41. The van der Waals surface area contributed by atoms with Gasteiger partial charge in [-0.25, -0.2) is 0 Å². The van der Waals surface area contributed by atoms with Gasteiger partial charge in [0.15, 0.2) is 0 Å². The van der Waals surface area contributed by atoms with Gasteiger partial charge in [-0.05, 0) is 30.1 Å². The molecule has 7 nitrogen and oxygen atoms in total. The van der Waals surface area contributed by atoms with Gasteiger partial charge in [-0.15, -0.1) is 0 Å². The maximum atomic E-state index is 12.7. The molecule has 1 aromatic rings. The normalized spacial score (nSPS) is 37.5. The van der Waals surface area contributed by atoms with Crippen molar-refractivity contribution in [3.63, 3.8) is 0 Å². The van der Waals surface area contributed by atoms with Crippen molar-refractivity contribution in [2.24, 2.45) is 40.6 Å². The summed E-state index contributed by atoms with van der Waals surface area (Å²) in [4.78, 5) is 35.8. The summed E-state index contributed by atoms with van der Waals surface area (Å²) >= 11 is 0. The number of benzene rings is 1. The van der Waals surface area contributed by atoms with Crippen LogP contribution in [-0.2, 0) is 9.59 Å². The maximum absolute atomic E-state index is 12.7. The molecule has 1 heterocycles. The molecule has 126 valence electrons. The van der Waals surface area contributed by atoms with Crippen LogP contribution in [0.1, 0.15) is 12.0 Å². The van der Waals surface area contributed by atoms with E-state index in [4.69, 9.17) is 0 Å². The van der Waals surface area contributed by atoms with Gasteiger partial charge in [0.1, 0.15) is 0 Å². The number of nitro groups is 1. The van der Waals surface area contributed by atoms with Gasteiger partial charge in [0.25, 0.3) is 17.5 Å². The summed E-state index contributed by atoms with van der Waals surface area (Å²) in [5.41, 5.74) is 0.424. The van der Waals surface area contributed by atoms with E-state index in [1.807, 2.05) is 0 Å². The summed E-state index contributed by atoms with van der Waals surface area (Å²) < 4.78 is 0. The van der Waals surface area contributed by atoms with Crippen molar-refractivity contribution < 1.29 is 14.5 Å². The highest BCUT2D eigenvalue weighted by molar-refractivity contribution is 6.06. The molecule has 2 saturated carbocycles. The quantitative estimate of drug-likeness (QED) is 0.277. The molecule has 4 aliphatic carbocycles. The Morgan fingerprint density at radius 3 is 2.36 bits per heavy atom. The van der Waals surface area contributed by atoms with Gasteiger partial charge in [-0.1, -0.05) is 24.3 Å². The van der Waals surface area contributed by atoms with E-state index in [-0.39, 0.29) is 41.2 Å². The lowest BCUT2D eigenvalue weighted by Gasteiger charge is -2.37. The van der Waals surface area contributed by atoms with Crippen molar-refractivity contribution in [3.8, 4) is 0 Å². The Hall–Kier alpha value is -2.83. The van der Waals surface area contributed by atoms with Crippen molar-refractivity contribution in [3.05, 3.63) is 52.1 Å². The summed E-state index contributed by atoms with van der Waals surface area (Å²) in [7, 11) is 0. The summed E-state index contributed by atoms with van der Waals surface area (Å²) in [6, 6.07) is 5.94. The number of carbonyl (C=O) groups excluding carboxylic acids is 2. The average molecular weight is 337 g/mol. The Morgan fingerprint density at radius 2 is 1.76 bits per heavy atom. The number of allylic oxidation sites excluding steroid dienone is 2. The van der Waals surface area contributed by atoms with Gasteiger partial charge in [-0.2, -0.15) is 10.1 Å². The maximum Gasteiger partial charge on any atom is 0.270 e. The first-order chi connectivity index (χ1) is 12.1. The predicted octanol–water partition coefficient (Wildman–Crippen LogP) is 1.98. The molecule has 2 bridgehead atoms. The minimum Gasteiger partial charge on any atom is -0.272 e. The minimum atomic E-state index is -0.492. The molecule has 6 rings (SSSR count).